The van der Waals surface area contributed by atoms with Crippen molar-refractivity contribution in [3.05, 3.63) is 60.2 Å². The predicted octanol–water partition coefficient (Wildman–Crippen LogP) is 3.18. The first-order valence-electron chi connectivity index (χ1n) is 8.21. The average Bonchev–Trinajstić information content (AvgIpc) is 2.97. The smallest absolute Gasteiger partial charge is 0.319 e. The first-order chi connectivity index (χ1) is 11.7. The lowest BCUT2D eigenvalue weighted by molar-refractivity contribution is -0.118. The standard InChI is InChI=1S/C19H21N3O2/c1-2-14-8-6-7-11-16(14)20-19(24)21-17-12-13-22(18(17)23)15-9-4-3-5-10-15/h3-11,17H,2,12-13H2,1H3,(H2,20,21,24). The van der Waals surface area contributed by atoms with Crippen LogP contribution in [0.4, 0.5) is 16.2 Å². The van der Waals surface area contributed by atoms with Crippen LogP contribution in [-0.2, 0) is 11.2 Å². The zero-order chi connectivity index (χ0) is 16.9. The van der Waals surface area contributed by atoms with E-state index in [1.54, 1.807) is 4.90 Å². The minimum atomic E-state index is -0.487. The predicted molar refractivity (Wildman–Crippen MR) is 95.2 cm³/mol. The van der Waals surface area contributed by atoms with Gasteiger partial charge < -0.3 is 15.5 Å². The van der Waals surface area contributed by atoms with E-state index in [0.717, 1.165) is 23.4 Å². The Morgan fingerprint density at radius 3 is 2.58 bits per heavy atom. The van der Waals surface area contributed by atoms with Crippen LogP contribution in [0.15, 0.2) is 54.6 Å². The van der Waals surface area contributed by atoms with Gasteiger partial charge in [-0.3, -0.25) is 4.79 Å². The number of nitrogens with one attached hydrogen (secondary N) is 2. The molecule has 1 unspecified atom stereocenters. The number of rotatable bonds is 4. The van der Waals surface area contributed by atoms with Gasteiger partial charge in [-0.25, -0.2) is 4.79 Å². The third-order valence-corrected chi connectivity index (χ3v) is 4.23. The van der Waals surface area contributed by atoms with Crippen molar-refractivity contribution in [3.8, 4) is 0 Å². The Morgan fingerprint density at radius 2 is 1.83 bits per heavy atom. The molecule has 1 atom stereocenters. The summed E-state index contributed by atoms with van der Waals surface area (Å²) in [5.74, 6) is -0.0693. The minimum absolute atomic E-state index is 0.0693. The molecule has 0 aromatic heterocycles. The SMILES string of the molecule is CCc1ccccc1NC(=O)NC1CCN(c2ccccc2)C1=O. The van der Waals surface area contributed by atoms with Crippen LogP contribution in [-0.4, -0.2) is 24.5 Å². The van der Waals surface area contributed by atoms with Gasteiger partial charge in [-0.2, -0.15) is 0 Å². The van der Waals surface area contributed by atoms with E-state index in [1.165, 1.54) is 0 Å². The van der Waals surface area contributed by atoms with Crippen molar-refractivity contribution >= 4 is 23.3 Å². The molecular weight excluding hydrogens is 302 g/mol. The van der Waals surface area contributed by atoms with Gasteiger partial charge in [-0.1, -0.05) is 43.3 Å². The zero-order valence-electron chi connectivity index (χ0n) is 13.7. The van der Waals surface area contributed by atoms with Crippen LogP contribution in [0.2, 0.25) is 0 Å². The summed E-state index contributed by atoms with van der Waals surface area (Å²) in [6.45, 7) is 2.65. The molecule has 2 aromatic carbocycles. The zero-order valence-corrected chi connectivity index (χ0v) is 13.7. The number of amides is 3. The van der Waals surface area contributed by atoms with E-state index >= 15 is 0 Å². The molecule has 1 aliphatic rings. The number of anilines is 2. The monoisotopic (exact) mass is 323 g/mol. The van der Waals surface area contributed by atoms with Crippen molar-refractivity contribution in [2.75, 3.05) is 16.8 Å². The summed E-state index contributed by atoms with van der Waals surface area (Å²) in [6.07, 6.45) is 1.44. The molecule has 24 heavy (non-hydrogen) atoms. The van der Waals surface area contributed by atoms with Gasteiger partial charge >= 0.3 is 6.03 Å². The maximum Gasteiger partial charge on any atom is 0.319 e. The lowest BCUT2D eigenvalue weighted by atomic mass is 10.1. The molecule has 5 nitrogen and oxygen atoms in total. The first kappa shape index (κ1) is 16.1. The van der Waals surface area contributed by atoms with Crippen LogP contribution >= 0.6 is 0 Å². The topological polar surface area (TPSA) is 61.4 Å². The van der Waals surface area contributed by atoms with E-state index in [2.05, 4.69) is 10.6 Å². The van der Waals surface area contributed by atoms with Crippen molar-refractivity contribution in [2.45, 2.75) is 25.8 Å². The molecule has 5 heteroatoms. The van der Waals surface area contributed by atoms with E-state index < -0.39 is 6.04 Å². The molecule has 0 aliphatic carbocycles. The van der Waals surface area contributed by atoms with E-state index in [0.29, 0.717) is 13.0 Å². The molecule has 0 spiro atoms. The van der Waals surface area contributed by atoms with Crippen molar-refractivity contribution < 1.29 is 9.59 Å². The van der Waals surface area contributed by atoms with Crippen molar-refractivity contribution in [2.24, 2.45) is 0 Å². The highest BCUT2D eigenvalue weighted by molar-refractivity contribution is 6.02. The normalized spacial score (nSPS) is 17.0. The number of benzene rings is 2. The molecule has 0 saturated carbocycles. The van der Waals surface area contributed by atoms with E-state index in [9.17, 15) is 9.59 Å². The first-order valence-corrected chi connectivity index (χ1v) is 8.21. The summed E-state index contributed by atoms with van der Waals surface area (Å²) < 4.78 is 0. The second kappa shape index (κ2) is 7.17. The van der Waals surface area contributed by atoms with Gasteiger partial charge in [-0.15, -0.1) is 0 Å². The van der Waals surface area contributed by atoms with E-state index in [-0.39, 0.29) is 11.9 Å². The number of para-hydroxylation sites is 2. The summed E-state index contributed by atoms with van der Waals surface area (Å²) in [5.41, 5.74) is 2.71. The fraction of sp³-hybridized carbons (Fsp3) is 0.263. The number of nitrogens with zero attached hydrogens (tertiary/aromatic N) is 1. The van der Waals surface area contributed by atoms with Crippen LogP contribution < -0.4 is 15.5 Å². The summed E-state index contributed by atoms with van der Waals surface area (Å²) in [5, 5.41) is 5.63. The number of aryl methyl sites for hydroxylation is 1. The molecule has 3 rings (SSSR count). The molecule has 0 radical (unpaired) electrons. The summed E-state index contributed by atoms with van der Waals surface area (Å²) >= 11 is 0. The molecular formula is C19H21N3O2. The van der Waals surface area contributed by atoms with Crippen LogP contribution in [0.5, 0.6) is 0 Å². The highest BCUT2D eigenvalue weighted by Crippen LogP contribution is 2.21. The highest BCUT2D eigenvalue weighted by Gasteiger charge is 2.33. The molecule has 3 amide bonds. The van der Waals surface area contributed by atoms with Crippen molar-refractivity contribution in [1.82, 2.24) is 5.32 Å². The van der Waals surface area contributed by atoms with Gasteiger partial charge in [0.1, 0.15) is 6.04 Å². The number of carbonyl (C=O) groups excluding carboxylic acids is 2. The maximum absolute atomic E-state index is 12.5. The molecule has 2 N–H and O–H groups in total. The maximum atomic E-state index is 12.5. The van der Waals surface area contributed by atoms with Crippen LogP contribution in [0.3, 0.4) is 0 Å². The van der Waals surface area contributed by atoms with Crippen LogP contribution in [0.25, 0.3) is 0 Å². The van der Waals surface area contributed by atoms with Gasteiger partial charge in [-0.05, 0) is 36.6 Å². The van der Waals surface area contributed by atoms with Gasteiger partial charge in [0.25, 0.3) is 0 Å². The number of hydrogen-bond donors (Lipinski definition) is 2. The molecule has 2 aromatic rings. The van der Waals surface area contributed by atoms with Crippen molar-refractivity contribution in [1.29, 1.82) is 0 Å². The Morgan fingerprint density at radius 1 is 1.12 bits per heavy atom. The second-order valence-electron chi connectivity index (χ2n) is 5.78. The molecule has 0 bridgehead atoms. The lowest BCUT2D eigenvalue weighted by Crippen LogP contribution is -2.43. The number of carbonyl (C=O) groups is 2. The van der Waals surface area contributed by atoms with Gasteiger partial charge in [0.15, 0.2) is 0 Å². The van der Waals surface area contributed by atoms with E-state index in [4.69, 9.17) is 0 Å². The van der Waals surface area contributed by atoms with Gasteiger partial charge in [0, 0.05) is 17.9 Å². The fourth-order valence-electron chi connectivity index (χ4n) is 2.95. The van der Waals surface area contributed by atoms with E-state index in [1.807, 2.05) is 61.5 Å². The Labute approximate surface area is 141 Å². The summed E-state index contributed by atoms with van der Waals surface area (Å²) in [7, 11) is 0. The molecule has 1 saturated heterocycles. The largest absolute Gasteiger partial charge is 0.326 e. The van der Waals surface area contributed by atoms with Crippen LogP contribution in [0.1, 0.15) is 18.9 Å². The second-order valence-corrected chi connectivity index (χ2v) is 5.78. The highest BCUT2D eigenvalue weighted by atomic mass is 16.2. The third kappa shape index (κ3) is 3.40. The third-order valence-electron chi connectivity index (χ3n) is 4.23. The molecule has 124 valence electrons. The Balaban J connectivity index is 1.62. The summed E-state index contributed by atoms with van der Waals surface area (Å²) in [6, 6.07) is 16.4. The quantitative estimate of drug-likeness (QED) is 0.908. The van der Waals surface area contributed by atoms with Gasteiger partial charge in [0.2, 0.25) is 5.91 Å². The molecule has 1 fully saturated rings. The molecule has 1 aliphatic heterocycles. The Hall–Kier alpha value is -2.82. The fourth-order valence-corrected chi connectivity index (χ4v) is 2.95. The van der Waals surface area contributed by atoms with Gasteiger partial charge in [0.05, 0.1) is 0 Å². The Bertz CT molecular complexity index is 730. The van der Waals surface area contributed by atoms with Crippen molar-refractivity contribution in [3.63, 3.8) is 0 Å². The number of urea groups is 1. The lowest BCUT2D eigenvalue weighted by Gasteiger charge is -2.17. The average molecular weight is 323 g/mol. The number of hydrogen-bond acceptors (Lipinski definition) is 2. The Kier molecular flexibility index (Phi) is 4.79. The minimum Gasteiger partial charge on any atom is -0.326 e. The summed E-state index contributed by atoms with van der Waals surface area (Å²) in [4.78, 5) is 26.4. The van der Waals surface area contributed by atoms with Crippen LogP contribution in [0, 0.1) is 0 Å². The molecule has 1 heterocycles.